The number of amides is 1. The fourth-order valence-corrected chi connectivity index (χ4v) is 4.86. The number of nitrogens with one attached hydrogen (secondary N) is 1. The molecule has 0 spiro atoms. The van der Waals surface area contributed by atoms with Crippen molar-refractivity contribution in [3.63, 3.8) is 0 Å². The van der Waals surface area contributed by atoms with Crippen LogP contribution in [0, 0.1) is 6.92 Å². The number of piperidine rings is 1. The van der Waals surface area contributed by atoms with Gasteiger partial charge in [0.25, 0.3) is 0 Å². The Kier molecular flexibility index (Phi) is 6.77. The van der Waals surface area contributed by atoms with Crippen molar-refractivity contribution in [1.29, 1.82) is 0 Å². The van der Waals surface area contributed by atoms with Crippen LogP contribution in [-0.4, -0.2) is 40.5 Å². The van der Waals surface area contributed by atoms with Gasteiger partial charge in [-0.15, -0.1) is 0 Å². The van der Waals surface area contributed by atoms with Crippen molar-refractivity contribution in [3.8, 4) is 11.1 Å². The molecule has 2 heterocycles. The summed E-state index contributed by atoms with van der Waals surface area (Å²) in [6.45, 7) is 8.92. The Labute approximate surface area is 186 Å². The monoisotopic (exact) mass is 417 g/mol. The normalized spacial score (nSPS) is 19.6. The first-order chi connectivity index (χ1) is 15.0. The number of aromatic nitrogens is 1. The maximum atomic E-state index is 12.6. The van der Waals surface area contributed by atoms with Crippen LogP contribution < -0.4 is 5.32 Å². The van der Waals surface area contributed by atoms with Crippen LogP contribution in [0.25, 0.3) is 22.0 Å². The standard InChI is InChI=1S/C27H35N3O/c1-20-8-10-23(11-9-20)25-13-12-24-14-17-29(26(24)18-25)19-27(31)28-15-5-16-30-21(2)6-4-7-22(30)3/h8-14,17-18,21-22H,4-7,15-16,19H2,1-3H3,(H,28,31). The highest BCUT2D eigenvalue weighted by Gasteiger charge is 2.23. The summed E-state index contributed by atoms with van der Waals surface area (Å²) in [7, 11) is 0. The van der Waals surface area contributed by atoms with E-state index in [1.165, 1.54) is 36.0 Å². The Bertz CT molecular complexity index is 1010. The highest BCUT2D eigenvalue weighted by molar-refractivity contribution is 5.87. The molecule has 2 aromatic carbocycles. The van der Waals surface area contributed by atoms with Crippen LogP contribution in [0.5, 0.6) is 0 Å². The Morgan fingerprint density at radius 2 is 1.71 bits per heavy atom. The Hall–Kier alpha value is -2.59. The quantitative estimate of drug-likeness (QED) is 0.524. The number of nitrogens with zero attached hydrogens (tertiary/aromatic N) is 2. The van der Waals surface area contributed by atoms with Gasteiger partial charge in [-0.25, -0.2) is 0 Å². The zero-order valence-corrected chi connectivity index (χ0v) is 19.1. The molecule has 0 bridgehead atoms. The second-order valence-electron chi connectivity index (χ2n) is 9.15. The highest BCUT2D eigenvalue weighted by atomic mass is 16.1. The van der Waals surface area contributed by atoms with Crippen LogP contribution in [0.2, 0.25) is 0 Å². The molecule has 0 radical (unpaired) electrons. The third-order valence-electron chi connectivity index (χ3n) is 6.76. The molecule has 1 aromatic heterocycles. The van der Waals surface area contributed by atoms with Crippen LogP contribution in [-0.2, 0) is 11.3 Å². The van der Waals surface area contributed by atoms with E-state index >= 15 is 0 Å². The number of aryl methyl sites for hydroxylation is 1. The van der Waals surface area contributed by atoms with Gasteiger partial charge >= 0.3 is 0 Å². The molecule has 0 saturated carbocycles. The molecule has 1 amide bonds. The largest absolute Gasteiger partial charge is 0.355 e. The van der Waals surface area contributed by atoms with E-state index in [2.05, 4.69) is 84.1 Å². The predicted molar refractivity (Wildman–Crippen MR) is 129 cm³/mol. The van der Waals surface area contributed by atoms with E-state index in [0.717, 1.165) is 30.4 Å². The van der Waals surface area contributed by atoms with Crippen molar-refractivity contribution in [2.24, 2.45) is 0 Å². The third-order valence-corrected chi connectivity index (χ3v) is 6.76. The topological polar surface area (TPSA) is 37.3 Å². The van der Waals surface area contributed by atoms with Crippen molar-refractivity contribution in [2.45, 2.75) is 65.1 Å². The average Bonchev–Trinajstić information content (AvgIpc) is 3.15. The minimum Gasteiger partial charge on any atom is -0.355 e. The lowest BCUT2D eigenvalue weighted by molar-refractivity contribution is -0.121. The predicted octanol–water partition coefficient (Wildman–Crippen LogP) is 5.39. The number of carbonyl (C=O) groups excluding carboxylic acids is 1. The van der Waals surface area contributed by atoms with Crippen LogP contribution in [0.3, 0.4) is 0 Å². The molecule has 31 heavy (non-hydrogen) atoms. The van der Waals surface area contributed by atoms with E-state index in [-0.39, 0.29) is 5.91 Å². The van der Waals surface area contributed by atoms with Crippen LogP contribution in [0.1, 0.15) is 45.1 Å². The molecular formula is C27H35N3O. The summed E-state index contributed by atoms with van der Waals surface area (Å²) in [6, 6.07) is 18.5. The smallest absolute Gasteiger partial charge is 0.239 e. The summed E-state index contributed by atoms with van der Waals surface area (Å²) in [5.41, 5.74) is 4.74. The molecule has 1 N–H and O–H groups in total. The molecule has 2 unspecified atom stereocenters. The van der Waals surface area contributed by atoms with Crippen LogP contribution >= 0.6 is 0 Å². The number of benzene rings is 2. The first-order valence-corrected chi connectivity index (χ1v) is 11.7. The van der Waals surface area contributed by atoms with Crippen molar-refractivity contribution in [2.75, 3.05) is 13.1 Å². The maximum absolute atomic E-state index is 12.6. The Morgan fingerprint density at radius 3 is 2.45 bits per heavy atom. The fourth-order valence-electron chi connectivity index (χ4n) is 4.86. The Balaban J connectivity index is 1.34. The summed E-state index contributed by atoms with van der Waals surface area (Å²) >= 11 is 0. The summed E-state index contributed by atoms with van der Waals surface area (Å²) < 4.78 is 2.05. The van der Waals surface area contributed by atoms with Gasteiger partial charge in [0, 0.05) is 36.9 Å². The van der Waals surface area contributed by atoms with Gasteiger partial charge in [0.05, 0.1) is 0 Å². The Morgan fingerprint density at radius 1 is 1.00 bits per heavy atom. The lowest BCUT2D eigenvalue weighted by atomic mass is 9.97. The molecule has 0 aliphatic carbocycles. The summed E-state index contributed by atoms with van der Waals surface area (Å²) in [4.78, 5) is 15.2. The number of likely N-dealkylation sites (tertiary alicyclic amines) is 1. The lowest BCUT2D eigenvalue weighted by Gasteiger charge is -2.39. The summed E-state index contributed by atoms with van der Waals surface area (Å²) in [5.74, 6) is 0.0815. The lowest BCUT2D eigenvalue weighted by Crippen LogP contribution is -2.44. The SMILES string of the molecule is Cc1ccc(-c2ccc3ccn(CC(=O)NCCCN4C(C)CCCC4C)c3c2)cc1. The van der Waals surface area contributed by atoms with Crippen LogP contribution in [0.4, 0.5) is 0 Å². The first kappa shape index (κ1) is 21.6. The molecule has 2 atom stereocenters. The van der Waals surface area contributed by atoms with Gasteiger partial charge in [-0.05, 0) is 68.7 Å². The number of carbonyl (C=O) groups is 1. The van der Waals surface area contributed by atoms with E-state index in [4.69, 9.17) is 0 Å². The molecule has 1 aliphatic rings. The second-order valence-corrected chi connectivity index (χ2v) is 9.15. The van der Waals surface area contributed by atoms with E-state index in [1.54, 1.807) is 0 Å². The zero-order chi connectivity index (χ0) is 21.8. The van der Waals surface area contributed by atoms with Gasteiger partial charge in [-0.3, -0.25) is 9.69 Å². The molecule has 1 fully saturated rings. The molecule has 4 rings (SSSR count). The van der Waals surface area contributed by atoms with Gasteiger partial charge in [0.2, 0.25) is 5.91 Å². The number of hydrogen-bond donors (Lipinski definition) is 1. The van der Waals surface area contributed by atoms with Gasteiger partial charge in [0.15, 0.2) is 0 Å². The molecule has 4 heteroatoms. The number of rotatable bonds is 7. The minimum atomic E-state index is 0.0815. The second kappa shape index (κ2) is 9.69. The van der Waals surface area contributed by atoms with Gasteiger partial charge in [-0.1, -0.05) is 48.4 Å². The highest BCUT2D eigenvalue weighted by Crippen LogP contribution is 2.26. The van der Waals surface area contributed by atoms with Crippen molar-refractivity contribution >= 4 is 16.8 Å². The molecule has 3 aromatic rings. The maximum Gasteiger partial charge on any atom is 0.239 e. The van der Waals surface area contributed by atoms with Crippen molar-refractivity contribution in [1.82, 2.24) is 14.8 Å². The van der Waals surface area contributed by atoms with E-state index in [1.807, 2.05) is 6.20 Å². The zero-order valence-electron chi connectivity index (χ0n) is 19.1. The first-order valence-electron chi connectivity index (χ1n) is 11.7. The van der Waals surface area contributed by atoms with E-state index < -0.39 is 0 Å². The molecule has 1 saturated heterocycles. The fraction of sp³-hybridized carbons (Fsp3) is 0.444. The third kappa shape index (κ3) is 5.19. The van der Waals surface area contributed by atoms with Gasteiger partial charge < -0.3 is 9.88 Å². The van der Waals surface area contributed by atoms with E-state index in [9.17, 15) is 4.79 Å². The molecule has 164 valence electrons. The molecule has 1 aliphatic heterocycles. The molecule has 4 nitrogen and oxygen atoms in total. The minimum absolute atomic E-state index is 0.0815. The number of hydrogen-bond acceptors (Lipinski definition) is 2. The molecular weight excluding hydrogens is 382 g/mol. The number of fused-ring (bicyclic) bond motifs is 1. The van der Waals surface area contributed by atoms with Gasteiger partial charge in [0.1, 0.15) is 6.54 Å². The average molecular weight is 418 g/mol. The van der Waals surface area contributed by atoms with Crippen molar-refractivity contribution in [3.05, 3.63) is 60.3 Å². The van der Waals surface area contributed by atoms with Crippen molar-refractivity contribution < 1.29 is 4.79 Å². The summed E-state index contributed by atoms with van der Waals surface area (Å²) in [5, 5.41) is 4.28. The van der Waals surface area contributed by atoms with Gasteiger partial charge in [-0.2, -0.15) is 0 Å². The van der Waals surface area contributed by atoms with Crippen LogP contribution in [0.15, 0.2) is 54.7 Å². The summed E-state index contributed by atoms with van der Waals surface area (Å²) in [6.07, 6.45) is 6.95. The van der Waals surface area contributed by atoms with E-state index in [0.29, 0.717) is 18.6 Å².